The van der Waals surface area contributed by atoms with Gasteiger partial charge in [0.2, 0.25) is 0 Å². The Kier molecular flexibility index (Phi) is 4.48. The van der Waals surface area contributed by atoms with Crippen molar-refractivity contribution in [1.82, 2.24) is 0 Å². The Balaban J connectivity index is 1.74. The predicted molar refractivity (Wildman–Crippen MR) is 93.6 cm³/mol. The highest BCUT2D eigenvalue weighted by molar-refractivity contribution is 5.68. The summed E-state index contributed by atoms with van der Waals surface area (Å²) < 4.78 is 5.76. The number of benzene rings is 3. The Morgan fingerprint density at radius 1 is 0.870 bits per heavy atom. The topological polar surface area (TPSA) is 55.5 Å². The van der Waals surface area contributed by atoms with E-state index in [9.17, 15) is 5.11 Å². The lowest BCUT2D eigenvalue weighted by Crippen LogP contribution is -2.03. The number of ether oxygens (including phenoxy) is 1. The van der Waals surface area contributed by atoms with Gasteiger partial charge in [-0.05, 0) is 53.1 Å². The molecule has 0 bridgehead atoms. The molecule has 0 spiro atoms. The van der Waals surface area contributed by atoms with Crippen LogP contribution in [0.5, 0.6) is 11.5 Å². The second kappa shape index (κ2) is 6.88. The molecule has 0 aliphatic heterocycles. The van der Waals surface area contributed by atoms with E-state index in [0.717, 1.165) is 28.1 Å². The standard InChI is InChI=1S/C20H19NO2/c21-17-6-9-19(10-7-17)23-13-12-16-14-18(22)8-11-20(16)15-4-2-1-3-5-15/h1-11,14,22H,12-13,21H2. The van der Waals surface area contributed by atoms with Gasteiger partial charge in [0.25, 0.3) is 0 Å². The number of hydrogen-bond donors (Lipinski definition) is 2. The zero-order chi connectivity index (χ0) is 16.1. The maximum atomic E-state index is 9.78. The molecule has 3 aromatic carbocycles. The first-order valence-corrected chi connectivity index (χ1v) is 7.58. The van der Waals surface area contributed by atoms with Crippen molar-refractivity contribution in [2.75, 3.05) is 12.3 Å². The molecule has 0 unspecified atom stereocenters. The Morgan fingerprint density at radius 3 is 2.35 bits per heavy atom. The van der Waals surface area contributed by atoms with Crippen molar-refractivity contribution in [3.63, 3.8) is 0 Å². The second-order valence-corrected chi connectivity index (χ2v) is 5.37. The van der Waals surface area contributed by atoms with Gasteiger partial charge in [0.05, 0.1) is 6.61 Å². The largest absolute Gasteiger partial charge is 0.508 e. The van der Waals surface area contributed by atoms with Crippen LogP contribution in [0.25, 0.3) is 11.1 Å². The first-order valence-electron chi connectivity index (χ1n) is 7.58. The van der Waals surface area contributed by atoms with Gasteiger partial charge in [0.1, 0.15) is 11.5 Å². The molecule has 3 N–H and O–H groups in total. The maximum absolute atomic E-state index is 9.78. The average Bonchev–Trinajstić information content (AvgIpc) is 2.58. The summed E-state index contributed by atoms with van der Waals surface area (Å²) in [7, 11) is 0. The van der Waals surface area contributed by atoms with Crippen LogP contribution in [0.15, 0.2) is 72.8 Å². The molecule has 0 fully saturated rings. The van der Waals surface area contributed by atoms with E-state index in [2.05, 4.69) is 12.1 Å². The third-order valence-corrected chi connectivity index (χ3v) is 3.69. The van der Waals surface area contributed by atoms with Crippen LogP contribution in [0.4, 0.5) is 5.69 Å². The third-order valence-electron chi connectivity index (χ3n) is 3.69. The predicted octanol–water partition coefficient (Wildman–Crippen LogP) is 4.26. The SMILES string of the molecule is Nc1ccc(OCCc2cc(O)ccc2-c2ccccc2)cc1. The van der Waals surface area contributed by atoms with Crippen LogP contribution in [0, 0.1) is 0 Å². The van der Waals surface area contributed by atoms with Crippen molar-refractivity contribution in [3.8, 4) is 22.6 Å². The highest BCUT2D eigenvalue weighted by Crippen LogP contribution is 2.27. The number of phenols is 1. The van der Waals surface area contributed by atoms with Crippen LogP contribution in [-0.2, 0) is 6.42 Å². The highest BCUT2D eigenvalue weighted by atomic mass is 16.5. The summed E-state index contributed by atoms with van der Waals surface area (Å²) in [6.45, 7) is 0.535. The zero-order valence-corrected chi connectivity index (χ0v) is 12.8. The number of nitrogen functional groups attached to an aromatic ring is 1. The van der Waals surface area contributed by atoms with Crippen LogP contribution in [0.1, 0.15) is 5.56 Å². The number of phenolic OH excluding ortho intramolecular Hbond substituents is 1. The van der Waals surface area contributed by atoms with Gasteiger partial charge in [-0.15, -0.1) is 0 Å². The minimum Gasteiger partial charge on any atom is -0.508 e. The molecule has 0 aliphatic rings. The van der Waals surface area contributed by atoms with Gasteiger partial charge in [-0.2, -0.15) is 0 Å². The van der Waals surface area contributed by atoms with Crippen molar-refractivity contribution in [2.24, 2.45) is 0 Å². The molecule has 0 aromatic heterocycles. The number of anilines is 1. The minimum absolute atomic E-state index is 0.271. The van der Waals surface area contributed by atoms with E-state index in [0.29, 0.717) is 13.0 Å². The first-order chi connectivity index (χ1) is 11.2. The Bertz CT molecular complexity index is 767. The summed E-state index contributed by atoms with van der Waals surface area (Å²) in [4.78, 5) is 0. The number of nitrogens with two attached hydrogens (primary N) is 1. The number of aromatic hydroxyl groups is 1. The number of rotatable bonds is 5. The molecule has 0 atom stereocenters. The van der Waals surface area contributed by atoms with Gasteiger partial charge in [-0.25, -0.2) is 0 Å². The van der Waals surface area contributed by atoms with Gasteiger partial charge in [-0.1, -0.05) is 36.4 Å². The smallest absolute Gasteiger partial charge is 0.119 e. The summed E-state index contributed by atoms with van der Waals surface area (Å²) in [5.41, 5.74) is 9.69. The molecule has 3 nitrogen and oxygen atoms in total. The molecular weight excluding hydrogens is 286 g/mol. The lowest BCUT2D eigenvalue weighted by atomic mass is 9.97. The molecule has 0 aliphatic carbocycles. The second-order valence-electron chi connectivity index (χ2n) is 5.37. The van der Waals surface area contributed by atoms with Crippen LogP contribution in [0.2, 0.25) is 0 Å². The Labute approximate surface area is 136 Å². The van der Waals surface area contributed by atoms with E-state index < -0.39 is 0 Å². The molecule has 0 radical (unpaired) electrons. The monoisotopic (exact) mass is 305 g/mol. The van der Waals surface area contributed by atoms with E-state index in [1.54, 1.807) is 12.1 Å². The molecule has 23 heavy (non-hydrogen) atoms. The average molecular weight is 305 g/mol. The fraction of sp³-hybridized carbons (Fsp3) is 0.100. The summed E-state index contributed by atoms with van der Waals surface area (Å²) in [6.07, 6.45) is 0.711. The number of hydrogen-bond acceptors (Lipinski definition) is 3. The van der Waals surface area contributed by atoms with Crippen LogP contribution < -0.4 is 10.5 Å². The van der Waals surface area contributed by atoms with Crippen molar-refractivity contribution < 1.29 is 9.84 Å². The van der Waals surface area contributed by atoms with E-state index in [1.165, 1.54) is 0 Å². The fourth-order valence-corrected chi connectivity index (χ4v) is 2.53. The van der Waals surface area contributed by atoms with E-state index in [1.807, 2.05) is 48.5 Å². The molecule has 0 amide bonds. The lowest BCUT2D eigenvalue weighted by Gasteiger charge is -2.12. The Hall–Kier alpha value is -2.94. The summed E-state index contributed by atoms with van der Waals surface area (Å²) in [5.74, 6) is 1.06. The van der Waals surface area contributed by atoms with Crippen LogP contribution >= 0.6 is 0 Å². The van der Waals surface area contributed by atoms with Gasteiger partial charge >= 0.3 is 0 Å². The van der Waals surface area contributed by atoms with Crippen molar-refractivity contribution in [1.29, 1.82) is 0 Å². The van der Waals surface area contributed by atoms with E-state index >= 15 is 0 Å². The van der Waals surface area contributed by atoms with E-state index in [-0.39, 0.29) is 5.75 Å². The van der Waals surface area contributed by atoms with Crippen molar-refractivity contribution >= 4 is 5.69 Å². The molecule has 0 saturated carbocycles. The highest BCUT2D eigenvalue weighted by Gasteiger charge is 2.06. The Morgan fingerprint density at radius 2 is 1.61 bits per heavy atom. The molecule has 3 heteroatoms. The first kappa shape index (κ1) is 15.0. The van der Waals surface area contributed by atoms with Gasteiger partial charge in [0.15, 0.2) is 0 Å². The van der Waals surface area contributed by atoms with Crippen LogP contribution in [-0.4, -0.2) is 11.7 Å². The van der Waals surface area contributed by atoms with Crippen molar-refractivity contribution in [3.05, 3.63) is 78.4 Å². The lowest BCUT2D eigenvalue weighted by molar-refractivity contribution is 0.322. The van der Waals surface area contributed by atoms with Gasteiger partial charge < -0.3 is 15.6 Å². The molecule has 116 valence electrons. The van der Waals surface area contributed by atoms with Gasteiger partial charge in [0, 0.05) is 12.1 Å². The van der Waals surface area contributed by atoms with Gasteiger partial charge in [-0.3, -0.25) is 0 Å². The van der Waals surface area contributed by atoms with Crippen molar-refractivity contribution in [2.45, 2.75) is 6.42 Å². The fourth-order valence-electron chi connectivity index (χ4n) is 2.53. The molecule has 0 saturated heterocycles. The quantitative estimate of drug-likeness (QED) is 0.692. The molecular formula is C20H19NO2. The normalized spacial score (nSPS) is 10.4. The molecule has 3 aromatic rings. The minimum atomic E-state index is 0.271. The summed E-state index contributed by atoms with van der Waals surface area (Å²) in [6, 6.07) is 23.0. The van der Waals surface area contributed by atoms with Crippen LogP contribution in [0.3, 0.4) is 0 Å². The summed E-state index contributed by atoms with van der Waals surface area (Å²) in [5, 5.41) is 9.78. The molecule has 3 rings (SSSR count). The van der Waals surface area contributed by atoms with E-state index in [4.69, 9.17) is 10.5 Å². The third kappa shape index (κ3) is 3.83. The zero-order valence-electron chi connectivity index (χ0n) is 12.8. The summed E-state index contributed by atoms with van der Waals surface area (Å²) >= 11 is 0. The molecule has 0 heterocycles. The maximum Gasteiger partial charge on any atom is 0.119 e.